The Balaban J connectivity index is 2.09. The summed E-state index contributed by atoms with van der Waals surface area (Å²) in [5, 5.41) is 0. The Hall–Kier alpha value is -2.56. The summed E-state index contributed by atoms with van der Waals surface area (Å²) in [7, 11) is 1.57. The van der Waals surface area contributed by atoms with E-state index in [0.717, 1.165) is 5.56 Å². The van der Waals surface area contributed by atoms with Gasteiger partial charge in [-0.3, -0.25) is 4.79 Å². The van der Waals surface area contributed by atoms with Gasteiger partial charge in [0.15, 0.2) is 17.6 Å². The van der Waals surface area contributed by atoms with Gasteiger partial charge in [0.05, 0.1) is 13.7 Å². The number of ether oxygens (including phenoxy) is 2. The van der Waals surface area contributed by atoms with Gasteiger partial charge in [0.2, 0.25) is 0 Å². The van der Waals surface area contributed by atoms with Crippen molar-refractivity contribution in [1.82, 2.24) is 0 Å². The van der Waals surface area contributed by atoms with Crippen LogP contribution in [0.1, 0.15) is 18.1 Å². The number of aryl methyl sites for hydroxylation is 1. The SMILES string of the molecule is COc1cccc2c1O[C@H](C)C(=O)N(c1ccc(F)cc1C)C2. The summed E-state index contributed by atoms with van der Waals surface area (Å²) in [6.45, 7) is 3.84. The molecule has 0 aromatic heterocycles. The monoisotopic (exact) mass is 315 g/mol. The van der Waals surface area contributed by atoms with Gasteiger partial charge < -0.3 is 14.4 Å². The zero-order valence-corrected chi connectivity index (χ0v) is 13.3. The summed E-state index contributed by atoms with van der Waals surface area (Å²) < 4.78 is 24.5. The maximum absolute atomic E-state index is 13.4. The Kier molecular flexibility index (Phi) is 3.94. The Morgan fingerprint density at radius 1 is 1.30 bits per heavy atom. The molecule has 2 aromatic carbocycles. The second kappa shape index (κ2) is 5.91. The molecule has 0 aliphatic carbocycles. The summed E-state index contributed by atoms with van der Waals surface area (Å²) >= 11 is 0. The lowest BCUT2D eigenvalue weighted by molar-refractivity contribution is -0.124. The first-order valence-corrected chi connectivity index (χ1v) is 7.41. The maximum Gasteiger partial charge on any atom is 0.268 e. The second-order valence-electron chi connectivity index (χ2n) is 5.56. The second-order valence-corrected chi connectivity index (χ2v) is 5.56. The summed E-state index contributed by atoms with van der Waals surface area (Å²) in [6.07, 6.45) is -0.656. The van der Waals surface area contributed by atoms with Crippen LogP contribution in [-0.2, 0) is 11.3 Å². The van der Waals surface area contributed by atoms with Gasteiger partial charge in [-0.1, -0.05) is 12.1 Å². The normalized spacial score (nSPS) is 17.3. The first kappa shape index (κ1) is 15.3. The summed E-state index contributed by atoms with van der Waals surface area (Å²) in [6, 6.07) is 9.96. The number of carbonyl (C=O) groups excluding carboxylic acids is 1. The van der Waals surface area contributed by atoms with E-state index in [-0.39, 0.29) is 11.7 Å². The minimum absolute atomic E-state index is 0.169. The van der Waals surface area contributed by atoms with Crippen LogP contribution in [0, 0.1) is 12.7 Å². The molecular formula is C18H18FNO3. The zero-order valence-electron chi connectivity index (χ0n) is 13.3. The van der Waals surface area contributed by atoms with Crippen LogP contribution >= 0.6 is 0 Å². The van der Waals surface area contributed by atoms with Crippen LogP contribution in [0.2, 0.25) is 0 Å². The van der Waals surface area contributed by atoms with E-state index in [1.54, 1.807) is 38.0 Å². The van der Waals surface area contributed by atoms with Gasteiger partial charge >= 0.3 is 0 Å². The summed E-state index contributed by atoms with van der Waals surface area (Å²) in [5.74, 6) is 0.691. The molecule has 1 atom stereocenters. The van der Waals surface area contributed by atoms with Crippen molar-refractivity contribution in [3.8, 4) is 11.5 Å². The van der Waals surface area contributed by atoms with Gasteiger partial charge in [0.25, 0.3) is 5.91 Å². The van der Waals surface area contributed by atoms with Gasteiger partial charge in [-0.05, 0) is 43.7 Å². The van der Waals surface area contributed by atoms with Crippen LogP contribution < -0.4 is 14.4 Å². The molecule has 0 saturated carbocycles. The number of rotatable bonds is 2. The Bertz CT molecular complexity index is 760. The standard InChI is InChI=1S/C18H18FNO3/c1-11-9-14(19)7-8-15(11)20-10-13-5-4-6-16(22-3)17(13)23-12(2)18(20)21/h4-9,12H,10H2,1-3H3/t12-/m1/s1. The predicted molar refractivity (Wildman–Crippen MR) is 85.4 cm³/mol. The van der Waals surface area contributed by atoms with Gasteiger partial charge in [0.1, 0.15) is 5.82 Å². The molecule has 1 aliphatic rings. The van der Waals surface area contributed by atoms with Crippen LogP contribution in [0.4, 0.5) is 10.1 Å². The van der Waals surface area contributed by atoms with Crippen molar-refractivity contribution in [2.45, 2.75) is 26.5 Å². The third kappa shape index (κ3) is 2.74. The minimum Gasteiger partial charge on any atom is -0.493 e. The molecule has 1 heterocycles. The van der Waals surface area contributed by atoms with E-state index in [1.165, 1.54) is 12.1 Å². The molecule has 0 saturated heterocycles. The van der Waals surface area contributed by atoms with E-state index in [0.29, 0.717) is 29.3 Å². The largest absolute Gasteiger partial charge is 0.493 e. The molecule has 23 heavy (non-hydrogen) atoms. The lowest BCUT2D eigenvalue weighted by Crippen LogP contribution is -2.38. The first-order chi connectivity index (χ1) is 11.0. The van der Waals surface area contributed by atoms with Crippen LogP contribution in [0.25, 0.3) is 0 Å². The van der Waals surface area contributed by atoms with Crippen molar-refractivity contribution in [1.29, 1.82) is 0 Å². The molecule has 0 N–H and O–H groups in total. The highest BCUT2D eigenvalue weighted by Crippen LogP contribution is 2.36. The lowest BCUT2D eigenvalue weighted by atomic mass is 10.1. The summed E-state index contributed by atoms with van der Waals surface area (Å²) in [4.78, 5) is 14.3. The van der Waals surface area contributed by atoms with Crippen LogP contribution in [0.5, 0.6) is 11.5 Å². The molecule has 0 spiro atoms. The number of benzene rings is 2. The van der Waals surface area contributed by atoms with E-state index in [9.17, 15) is 9.18 Å². The average Bonchev–Trinajstić information content (AvgIpc) is 2.65. The van der Waals surface area contributed by atoms with Crippen molar-refractivity contribution in [3.63, 3.8) is 0 Å². The van der Waals surface area contributed by atoms with Crippen molar-refractivity contribution in [2.24, 2.45) is 0 Å². The molecule has 4 nitrogen and oxygen atoms in total. The highest BCUT2D eigenvalue weighted by molar-refractivity contribution is 5.97. The average molecular weight is 315 g/mol. The van der Waals surface area contributed by atoms with E-state index >= 15 is 0 Å². The fourth-order valence-corrected chi connectivity index (χ4v) is 2.80. The number of fused-ring (bicyclic) bond motifs is 1. The zero-order chi connectivity index (χ0) is 16.6. The molecule has 1 amide bonds. The van der Waals surface area contributed by atoms with Gasteiger partial charge in [-0.25, -0.2) is 4.39 Å². The van der Waals surface area contributed by atoms with E-state index in [1.807, 2.05) is 12.1 Å². The molecule has 1 aliphatic heterocycles. The highest BCUT2D eigenvalue weighted by atomic mass is 19.1. The lowest BCUT2D eigenvalue weighted by Gasteiger charge is -2.24. The highest BCUT2D eigenvalue weighted by Gasteiger charge is 2.31. The van der Waals surface area contributed by atoms with Gasteiger partial charge in [-0.2, -0.15) is 0 Å². The molecular weight excluding hydrogens is 297 g/mol. The van der Waals surface area contributed by atoms with Crippen LogP contribution in [0.3, 0.4) is 0 Å². The molecule has 3 rings (SSSR count). The van der Waals surface area contributed by atoms with Crippen molar-refractivity contribution in [2.75, 3.05) is 12.0 Å². The molecule has 0 fully saturated rings. The van der Waals surface area contributed by atoms with Crippen molar-refractivity contribution in [3.05, 3.63) is 53.3 Å². The fraction of sp³-hybridized carbons (Fsp3) is 0.278. The number of nitrogens with zero attached hydrogens (tertiary/aromatic N) is 1. The Morgan fingerprint density at radius 2 is 2.09 bits per heavy atom. The molecule has 120 valence electrons. The number of methoxy groups -OCH3 is 1. The number of anilines is 1. The number of halogens is 1. The predicted octanol–water partition coefficient (Wildman–Crippen LogP) is 3.46. The van der Waals surface area contributed by atoms with Crippen molar-refractivity contribution >= 4 is 11.6 Å². The number of amides is 1. The minimum atomic E-state index is -0.656. The first-order valence-electron chi connectivity index (χ1n) is 7.41. The number of carbonyl (C=O) groups is 1. The Labute approximate surface area is 134 Å². The molecule has 2 aromatic rings. The number of hydrogen-bond acceptors (Lipinski definition) is 3. The third-order valence-corrected chi connectivity index (χ3v) is 3.97. The maximum atomic E-state index is 13.4. The van der Waals surface area contributed by atoms with Crippen LogP contribution in [-0.4, -0.2) is 19.1 Å². The van der Waals surface area contributed by atoms with Crippen LogP contribution in [0.15, 0.2) is 36.4 Å². The number of hydrogen-bond donors (Lipinski definition) is 0. The molecule has 5 heteroatoms. The fourth-order valence-electron chi connectivity index (χ4n) is 2.80. The molecule has 0 unspecified atom stereocenters. The third-order valence-electron chi connectivity index (χ3n) is 3.97. The smallest absolute Gasteiger partial charge is 0.268 e. The van der Waals surface area contributed by atoms with E-state index in [4.69, 9.17) is 9.47 Å². The van der Waals surface area contributed by atoms with Gasteiger partial charge in [0, 0.05) is 11.3 Å². The Morgan fingerprint density at radius 3 is 2.78 bits per heavy atom. The number of para-hydroxylation sites is 1. The van der Waals surface area contributed by atoms with Gasteiger partial charge in [-0.15, -0.1) is 0 Å². The van der Waals surface area contributed by atoms with Crippen molar-refractivity contribution < 1.29 is 18.7 Å². The summed E-state index contributed by atoms with van der Waals surface area (Å²) in [5.41, 5.74) is 2.24. The van der Waals surface area contributed by atoms with E-state index < -0.39 is 6.10 Å². The topological polar surface area (TPSA) is 38.8 Å². The molecule has 0 bridgehead atoms. The quantitative estimate of drug-likeness (QED) is 0.852. The molecule has 0 radical (unpaired) electrons. The van der Waals surface area contributed by atoms with E-state index in [2.05, 4.69) is 0 Å².